The van der Waals surface area contributed by atoms with Crippen molar-refractivity contribution >= 4 is 5.69 Å². The summed E-state index contributed by atoms with van der Waals surface area (Å²) in [5.41, 5.74) is 4.70. The Bertz CT molecular complexity index is 520. The molecule has 1 heterocycles. The van der Waals surface area contributed by atoms with E-state index in [2.05, 4.69) is 66.6 Å². The van der Waals surface area contributed by atoms with Crippen LogP contribution in [0.2, 0.25) is 0 Å². The van der Waals surface area contributed by atoms with Gasteiger partial charge in [-0.25, -0.2) is 0 Å². The van der Waals surface area contributed by atoms with Crippen molar-refractivity contribution in [2.45, 2.75) is 33.1 Å². The quantitative estimate of drug-likeness (QED) is 0.860. The summed E-state index contributed by atoms with van der Waals surface area (Å²) in [7, 11) is 0. The number of aryl methyl sites for hydroxylation is 2. The van der Waals surface area contributed by atoms with Gasteiger partial charge in [-0.2, -0.15) is 0 Å². The van der Waals surface area contributed by atoms with Gasteiger partial charge in [-0.05, 0) is 43.9 Å². The lowest BCUT2D eigenvalue weighted by molar-refractivity contribution is 0.705. The molecule has 100 valence electrons. The molecule has 19 heavy (non-hydrogen) atoms. The molecule has 0 spiro atoms. The molecule has 1 unspecified atom stereocenters. The van der Waals surface area contributed by atoms with Crippen LogP contribution >= 0.6 is 0 Å². The molecule has 0 aliphatic rings. The summed E-state index contributed by atoms with van der Waals surface area (Å²) < 4.78 is 0. The molecule has 0 radical (unpaired) electrons. The number of rotatable bonds is 5. The van der Waals surface area contributed by atoms with Gasteiger partial charge in [-0.1, -0.05) is 37.3 Å². The highest BCUT2D eigenvalue weighted by atomic mass is 14.9. The van der Waals surface area contributed by atoms with Gasteiger partial charge in [-0.15, -0.1) is 0 Å². The minimum Gasteiger partial charge on any atom is -0.384 e. The molecule has 2 aromatic rings. The van der Waals surface area contributed by atoms with E-state index in [-0.39, 0.29) is 0 Å². The smallest absolute Gasteiger partial charge is 0.0606 e. The lowest BCUT2D eigenvalue weighted by Crippen LogP contribution is -2.07. The Balaban J connectivity index is 1.86. The van der Waals surface area contributed by atoms with Gasteiger partial charge in [0, 0.05) is 12.2 Å². The zero-order chi connectivity index (χ0) is 13.7. The van der Waals surface area contributed by atoms with Crippen molar-refractivity contribution in [1.82, 2.24) is 4.98 Å². The van der Waals surface area contributed by atoms with E-state index in [4.69, 9.17) is 0 Å². The summed E-state index contributed by atoms with van der Waals surface area (Å²) in [5, 5.41) is 3.48. The average Bonchev–Trinajstić information content (AvgIpc) is 2.42. The minimum atomic E-state index is 0.576. The molecule has 0 saturated heterocycles. The molecule has 1 aromatic carbocycles. The van der Waals surface area contributed by atoms with Crippen molar-refractivity contribution in [1.29, 1.82) is 0 Å². The first-order valence-electron chi connectivity index (χ1n) is 6.90. The lowest BCUT2D eigenvalue weighted by Gasteiger charge is -2.14. The number of pyridine rings is 1. The van der Waals surface area contributed by atoms with E-state index in [1.54, 1.807) is 0 Å². The number of anilines is 1. The van der Waals surface area contributed by atoms with Crippen LogP contribution in [0.25, 0.3) is 0 Å². The summed E-state index contributed by atoms with van der Waals surface area (Å²) in [6, 6.07) is 14.8. The number of nitrogens with one attached hydrogen (secondary N) is 1. The van der Waals surface area contributed by atoms with Crippen LogP contribution in [0, 0.1) is 13.8 Å². The van der Waals surface area contributed by atoms with Crippen LogP contribution in [0.1, 0.15) is 36.2 Å². The van der Waals surface area contributed by atoms with Crippen LogP contribution in [-0.4, -0.2) is 11.5 Å². The van der Waals surface area contributed by atoms with Gasteiger partial charge in [0.25, 0.3) is 0 Å². The van der Waals surface area contributed by atoms with E-state index in [1.165, 1.54) is 5.56 Å². The van der Waals surface area contributed by atoms with Gasteiger partial charge in [-0.3, -0.25) is 4.98 Å². The highest BCUT2D eigenvalue weighted by molar-refractivity contribution is 5.47. The highest BCUT2D eigenvalue weighted by Crippen LogP contribution is 2.19. The molecule has 2 nitrogen and oxygen atoms in total. The second-order valence-electron chi connectivity index (χ2n) is 5.11. The summed E-state index contributed by atoms with van der Waals surface area (Å²) in [4.78, 5) is 4.47. The predicted molar refractivity (Wildman–Crippen MR) is 81.7 cm³/mol. The van der Waals surface area contributed by atoms with Crippen molar-refractivity contribution < 1.29 is 0 Å². The summed E-state index contributed by atoms with van der Waals surface area (Å²) >= 11 is 0. The first-order chi connectivity index (χ1) is 9.16. The maximum absolute atomic E-state index is 4.47. The highest BCUT2D eigenvalue weighted by Gasteiger charge is 2.05. The number of nitrogens with zero attached hydrogens (tertiary/aromatic N) is 1. The van der Waals surface area contributed by atoms with E-state index < -0.39 is 0 Å². The Hall–Kier alpha value is -1.83. The van der Waals surface area contributed by atoms with Crippen LogP contribution in [-0.2, 0) is 0 Å². The zero-order valence-corrected chi connectivity index (χ0v) is 12.0. The fourth-order valence-electron chi connectivity index (χ4n) is 2.24. The monoisotopic (exact) mass is 254 g/mol. The molecule has 0 amide bonds. The van der Waals surface area contributed by atoms with Gasteiger partial charge in [0.1, 0.15) is 0 Å². The van der Waals surface area contributed by atoms with Crippen molar-refractivity contribution in [3.8, 4) is 0 Å². The third kappa shape index (κ3) is 3.82. The molecule has 0 bridgehead atoms. The second kappa shape index (κ2) is 6.37. The predicted octanol–water partition coefficient (Wildman–Crippen LogP) is 4.30. The number of aromatic nitrogens is 1. The molecule has 1 atom stereocenters. The maximum atomic E-state index is 4.47. The minimum absolute atomic E-state index is 0.576. The van der Waals surface area contributed by atoms with Gasteiger partial charge in [0.05, 0.1) is 11.4 Å². The van der Waals surface area contributed by atoms with Crippen LogP contribution in [0.5, 0.6) is 0 Å². The van der Waals surface area contributed by atoms with Crippen LogP contribution in [0.3, 0.4) is 0 Å². The molecule has 0 aliphatic heterocycles. The Kier molecular flexibility index (Phi) is 4.56. The van der Waals surface area contributed by atoms with Gasteiger partial charge >= 0.3 is 0 Å². The average molecular weight is 254 g/mol. The Morgan fingerprint density at radius 2 is 1.79 bits per heavy atom. The van der Waals surface area contributed by atoms with Crippen LogP contribution in [0.15, 0.2) is 42.5 Å². The van der Waals surface area contributed by atoms with Crippen molar-refractivity contribution in [3.05, 3.63) is 59.4 Å². The largest absolute Gasteiger partial charge is 0.384 e. The lowest BCUT2D eigenvalue weighted by atomic mass is 9.98. The van der Waals surface area contributed by atoms with E-state index in [0.29, 0.717) is 5.92 Å². The molecular formula is C17H22N2. The van der Waals surface area contributed by atoms with Gasteiger partial charge < -0.3 is 5.32 Å². The zero-order valence-electron chi connectivity index (χ0n) is 12.0. The fourth-order valence-corrected chi connectivity index (χ4v) is 2.24. The number of hydrogen-bond donors (Lipinski definition) is 1. The maximum Gasteiger partial charge on any atom is 0.0606 e. The summed E-state index contributed by atoms with van der Waals surface area (Å²) in [6.45, 7) is 7.32. The van der Waals surface area contributed by atoms with Crippen LogP contribution in [0.4, 0.5) is 5.69 Å². The first-order valence-corrected chi connectivity index (χ1v) is 6.90. The normalized spacial score (nSPS) is 12.2. The molecular weight excluding hydrogens is 232 g/mol. The Morgan fingerprint density at radius 3 is 2.47 bits per heavy atom. The molecule has 2 heteroatoms. The molecule has 1 aromatic heterocycles. The van der Waals surface area contributed by atoms with E-state index >= 15 is 0 Å². The number of hydrogen-bond acceptors (Lipinski definition) is 2. The SMILES string of the molecule is Cc1ccc(NCCC(C)c2ccccc2)c(C)n1. The van der Waals surface area contributed by atoms with Crippen molar-refractivity contribution in [3.63, 3.8) is 0 Å². The number of benzene rings is 1. The molecule has 1 N–H and O–H groups in total. The van der Waals surface area contributed by atoms with Crippen LogP contribution < -0.4 is 5.32 Å². The standard InChI is InChI=1S/C17H22N2/c1-13(16-7-5-4-6-8-16)11-12-18-17-10-9-14(2)19-15(17)3/h4-10,13,18H,11-12H2,1-3H3. The molecule has 0 aliphatic carbocycles. The van der Waals surface area contributed by atoms with Crippen molar-refractivity contribution in [2.75, 3.05) is 11.9 Å². The fraction of sp³-hybridized carbons (Fsp3) is 0.353. The molecule has 2 rings (SSSR count). The van der Waals surface area contributed by atoms with Crippen molar-refractivity contribution in [2.24, 2.45) is 0 Å². The molecule has 0 saturated carbocycles. The third-order valence-corrected chi connectivity index (χ3v) is 3.49. The third-order valence-electron chi connectivity index (χ3n) is 3.49. The Labute approximate surface area is 115 Å². The Morgan fingerprint density at radius 1 is 1.05 bits per heavy atom. The first kappa shape index (κ1) is 13.6. The molecule has 0 fully saturated rings. The summed E-state index contributed by atoms with van der Waals surface area (Å²) in [6.07, 6.45) is 1.12. The van der Waals surface area contributed by atoms with Gasteiger partial charge in [0.15, 0.2) is 0 Å². The van der Waals surface area contributed by atoms with E-state index in [0.717, 1.165) is 30.0 Å². The van der Waals surface area contributed by atoms with E-state index in [9.17, 15) is 0 Å². The summed E-state index contributed by atoms with van der Waals surface area (Å²) in [5.74, 6) is 0.576. The van der Waals surface area contributed by atoms with E-state index in [1.807, 2.05) is 6.92 Å². The van der Waals surface area contributed by atoms with Gasteiger partial charge in [0.2, 0.25) is 0 Å². The second-order valence-corrected chi connectivity index (χ2v) is 5.11. The topological polar surface area (TPSA) is 24.9 Å².